The van der Waals surface area contributed by atoms with Crippen molar-refractivity contribution in [3.8, 4) is 0 Å². The fraction of sp³-hybridized carbons (Fsp3) is 0.400. The largest absolute Gasteiger partial charge is 0.302 e. The van der Waals surface area contributed by atoms with E-state index in [4.69, 9.17) is 23.2 Å². The summed E-state index contributed by atoms with van der Waals surface area (Å²) in [6.07, 6.45) is 1.22. The van der Waals surface area contributed by atoms with Crippen LogP contribution in [0.4, 0.5) is 0 Å². The van der Waals surface area contributed by atoms with E-state index >= 15 is 0 Å². The highest BCUT2D eigenvalue weighted by Crippen LogP contribution is 2.36. The van der Waals surface area contributed by atoms with E-state index in [2.05, 4.69) is 5.32 Å². The molecule has 1 aliphatic heterocycles. The molecule has 0 amide bonds. The Morgan fingerprint density at radius 2 is 2.21 bits per heavy atom. The Labute approximate surface area is 98.2 Å². The van der Waals surface area contributed by atoms with Gasteiger partial charge in [0.2, 0.25) is 0 Å². The number of hydrogen-bond donors (Lipinski definition) is 1. The lowest BCUT2D eigenvalue weighted by Crippen LogP contribution is -2.25. The normalized spacial score (nSPS) is 22.3. The lowest BCUT2D eigenvalue weighted by molar-refractivity contribution is 0.643. The molecular weight excluding hydrogens is 237 g/mol. The molecule has 2 rings (SSSR count). The Morgan fingerprint density at radius 1 is 1.36 bits per heavy atom. The maximum absolute atomic E-state index is 6.14. The van der Waals surface area contributed by atoms with Crippen molar-refractivity contribution in [1.29, 1.82) is 0 Å². The first-order valence-electron chi connectivity index (χ1n) is 4.58. The predicted octanol–water partition coefficient (Wildman–Crippen LogP) is 3.72. The van der Waals surface area contributed by atoms with Crippen LogP contribution in [-0.2, 0) is 0 Å². The van der Waals surface area contributed by atoms with Gasteiger partial charge in [0.05, 0.1) is 15.4 Å². The highest BCUT2D eigenvalue weighted by Gasteiger charge is 2.18. The summed E-state index contributed by atoms with van der Waals surface area (Å²) in [5.74, 6) is 1.18. The van der Waals surface area contributed by atoms with Crippen molar-refractivity contribution in [3.63, 3.8) is 0 Å². The minimum absolute atomic E-state index is 0.301. The van der Waals surface area contributed by atoms with Crippen LogP contribution in [-0.4, -0.2) is 12.3 Å². The molecule has 0 aliphatic carbocycles. The lowest BCUT2D eigenvalue weighted by Gasteiger charge is -2.24. The number of thioether (sulfide) groups is 1. The summed E-state index contributed by atoms with van der Waals surface area (Å²) in [4.78, 5) is 0. The zero-order valence-electron chi connectivity index (χ0n) is 7.59. The number of benzene rings is 1. The van der Waals surface area contributed by atoms with Crippen molar-refractivity contribution in [1.82, 2.24) is 5.32 Å². The molecule has 1 aromatic carbocycles. The lowest BCUT2D eigenvalue weighted by atomic mass is 10.2. The van der Waals surface area contributed by atoms with Crippen LogP contribution >= 0.6 is 35.0 Å². The van der Waals surface area contributed by atoms with Crippen molar-refractivity contribution in [2.24, 2.45) is 0 Å². The van der Waals surface area contributed by atoms with Gasteiger partial charge in [-0.15, -0.1) is 11.8 Å². The van der Waals surface area contributed by atoms with Gasteiger partial charge >= 0.3 is 0 Å². The highest BCUT2D eigenvalue weighted by atomic mass is 35.5. The maximum atomic E-state index is 6.14. The van der Waals surface area contributed by atoms with Gasteiger partial charge in [0, 0.05) is 0 Å². The molecule has 0 aromatic heterocycles. The van der Waals surface area contributed by atoms with Crippen LogP contribution in [0.25, 0.3) is 0 Å². The first-order valence-corrected chi connectivity index (χ1v) is 6.38. The van der Waals surface area contributed by atoms with Crippen molar-refractivity contribution in [3.05, 3.63) is 33.8 Å². The van der Waals surface area contributed by atoms with Crippen molar-refractivity contribution >= 4 is 35.0 Å². The molecular formula is C10H11Cl2NS. The zero-order chi connectivity index (χ0) is 9.97. The second-order valence-electron chi connectivity index (χ2n) is 3.20. The molecule has 0 radical (unpaired) electrons. The quantitative estimate of drug-likeness (QED) is 0.812. The zero-order valence-corrected chi connectivity index (χ0v) is 9.92. The molecule has 0 saturated carbocycles. The van der Waals surface area contributed by atoms with Gasteiger partial charge in [-0.05, 0) is 30.3 Å². The molecule has 4 heteroatoms. The minimum Gasteiger partial charge on any atom is -0.302 e. The molecule has 0 spiro atoms. The molecule has 1 N–H and O–H groups in total. The molecule has 1 unspecified atom stereocenters. The van der Waals surface area contributed by atoms with Crippen LogP contribution in [0, 0.1) is 0 Å². The molecule has 1 fully saturated rings. The fourth-order valence-corrected chi connectivity index (χ4v) is 3.13. The minimum atomic E-state index is 0.301. The Balaban J connectivity index is 2.26. The third-order valence-corrected chi connectivity index (χ3v) is 4.31. The molecule has 1 heterocycles. The Bertz CT molecular complexity index is 324. The van der Waals surface area contributed by atoms with Gasteiger partial charge in [-0.25, -0.2) is 0 Å². The van der Waals surface area contributed by atoms with Crippen LogP contribution in [0.2, 0.25) is 10.0 Å². The summed E-state index contributed by atoms with van der Waals surface area (Å²) in [7, 11) is 0. The van der Waals surface area contributed by atoms with Gasteiger partial charge in [-0.2, -0.15) is 0 Å². The standard InChI is InChI=1S/C10H11Cl2NS/c11-8-4-1-3-7(9(8)12)10-13-5-2-6-14-10/h1,3-4,10,13H,2,5-6H2. The van der Waals surface area contributed by atoms with Crippen LogP contribution in [0.15, 0.2) is 18.2 Å². The van der Waals surface area contributed by atoms with E-state index in [0.29, 0.717) is 15.4 Å². The van der Waals surface area contributed by atoms with Gasteiger partial charge in [0.25, 0.3) is 0 Å². The average molecular weight is 248 g/mol. The van der Waals surface area contributed by atoms with Gasteiger partial charge in [-0.1, -0.05) is 35.3 Å². The molecule has 1 nitrogen and oxygen atoms in total. The molecule has 14 heavy (non-hydrogen) atoms. The van der Waals surface area contributed by atoms with Crippen LogP contribution < -0.4 is 5.32 Å². The van der Waals surface area contributed by atoms with Gasteiger partial charge in [0.15, 0.2) is 0 Å². The van der Waals surface area contributed by atoms with E-state index in [1.165, 1.54) is 12.2 Å². The summed E-state index contributed by atoms with van der Waals surface area (Å²) >= 11 is 14.0. The monoisotopic (exact) mass is 247 g/mol. The molecule has 0 bridgehead atoms. The number of rotatable bonds is 1. The predicted molar refractivity (Wildman–Crippen MR) is 64.3 cm³/mol. The molecule has 1 saturated heterocycles. The first kappa shape index (κ1) is 10.6. The van der Waals surface area contributed by atoms with Gasteiger partial charge < -0.3 is 5.32 Å². The highest BCUT2D eigenvalue weighted by molar-refractivity contribution is 7.99. The molecule has 1 aromatic rings. The topological polar surface area (TPSA) is 12.0 Å². The van der Waals surface area contributed by atoms with E-state index in [0.717, 1.165) is 12.1 Å². The smallest absolute Gasteiger partial charge is 0.0804 e. The van der Waals surface area contributed by atoms with Crippen LogP contribution in [0.5, 0.6) is 0 Å². The number of nitrogens with one attached hydrogen (secondary N) is 1. The number of hydrogen-bond acceptors (Lipinski definition) is 2. The second kappa shape index (κ2) is 4.75. The van der Waals surface area contributed by atoms with Crippen molar-refractivity contribution < 1.29 is 0 Å². The summed E-state index contributed by atoms with van der Waals surface area (Å²) in [5, 5.41) is 5.04. The van der Waals surface area contributed by atoms with E-state index in [-0.39, 0.29) is 0 Å². The maximum Gasteiger partial charge on any atom is 0.0804 e. The SMILES string of the molecule is Clc1cccc(C2NCCCS2)c1Cl. The van der Waals surface area contributed by atoms with Crippen molar-refractivity contribution in [2.75, 3.05) is 12.3 Å². The van der Waals surface area contributed by atoms with E-state index in [1.807, 2.05) is 30.0 Å². The van der Waals surface area contributed by atoms with E-state index < -0.39 is 0 Å². The van der Waals surface area contributed by atoms with Gasteiger partial charge in [0.1, 0.15) is 0 Å². The van der Waals surface area contributed by atoms with Gasteiger partial charge in [-0.3, -0.25) is 0 Å². The molecule has 1 atom stereocenters. The number of halogens is 2. The summed E-state index contributed by atoms with van der Waals surface area (Å²) in [6.45, 7) is 1.06. The second-order valence-corrected chi connectivity index (χ2v) is 5.20. The Kier molecular flexibility index (Phi) is 3.61. The third-order valence-electron chi connectivity index (χ3n) is 2.20. The summed E-state index contributed by atoms with van der Waals surface area (Å²) < 4.78 is 0. The average Bonchev–Trinajstić information content (AvgIpc) is 2.23. The Hall–Kier alpha value is 0.110. The molecule has 1 aliphatic rings. The first-order chi connectivity index (χ1) is 6.79. The van der Waals surface area contributed by atoms with E-state index in [9.17, 15) is 0 Å². The summed E-state index contributed by atoms with van der Waals surface area (Å²) in [5.41, 5.74) is 1.10. The fourth-order valence-electron chi connectivity index (χ4n) is 1.49. The van der Waals surface area contributed by atoms with Crippen LogP contribution in [0.3, 0.4) is 0 Å². The third kappa shape index (κ3) is 2.19. The van der Waals surface area contributed by atoms with E-state index in [1.54, 1.807) is 0 Å². The van der Waals surface area contributed by atoms with Crippen LogP contribution in [0.1, 0.15) is 17.4 Å². The van der Waals surface area contributed by atoms with Crippen molar-refractivity contribution in [2.45, 2.75) is 11.8 Å². The Morgan fingerprint density at radius 3 is 2.93 bits per heavy atom. The summed E-state index contributed by atoms with van der Waals surface area (Å²) in [6, 6.07) is 5.80. The molecule has 76 valence electrons.